The fraction of sp³-hybridized carbons (Fsp3) is 0.750. The molecule has 102 valence electrons. The summed E-state index contributed by atoms with van der Waals surface area (Å²) in [5.41, 5.74) is 1.62. The van der Waals surface area contributed by atoms with Crippen LogP contribution in [0.15, 0.2) is 24.0 Å². The van der Waals surface area contributed by atoms with E-state index in [4.69, 9.17) is 4.43 Å². The lowest BCUT2D eigenvalue weighted by atomic mass is 9.49. The van der Waals surface area contributed by atoms with Gasteiger partial charge in [0, 0.05) is 5.92 Å². The molecule has 0 unspecified atom stereocenters. The monoisotopic (exact) mass is 264 g/mol. The van der Waals surface area contributed by atoms with Crippen LogP contribution in [0.3, 0.4) is 0 Å². The van der Waals surface area contributed by atoms with Gasteiger partial charge in [-0.3, -0.25) is 0 Å². The van der Waals surface area contributed by atoms with E-state index in [1.54, 1.807) is 0 Å². The Labute approximate surface area is 113 Å². The zero-order valence-corrected chi connectivity index (χ0v) is 14.1. The Morgan fingerprint density at radius 1 is 1.28 bits per heavy atom. The second-order valence-corrected chi connectivity index (χ2v) is 12.9. The summed E-state index contributed by atoms with van der Waals surface area (Å²) in [6, 6.07) is 0. The molecule has 0 spiro atoms. The third-order valence-corrected chi connectivity index (χ3v) is 9.92. The minimum atomic E-state index is -1.71. The molecule has 0 aromatic heterocycles. The Bertz CT molecular complexity index is 409. The second kappa shape index (κ2) is 3.75. The van der Waals surface area contributed by atoms with E-state index in [9.17, 15) is 0 Å². The highest BCUT2D eigenvalue weighted by Crippen LogP contribution is 2.61. The van der Waals surface area contributed by atoms with Gasteiger partial charge in [0.05, 0.1) is 5.76 Å². The van der Waals surface area contributed by atoms with E-state index in [1.807, 2.05) is 0 Å². The van der Waals surface area contributed by atoms with Crippen molar-refractivity contribution < 1.29 is 4.43 Å². The first kappa shape index (κ1) is 13.9. The second-order valence-electron chi connectivity index (χ2n) is 8.15. The van der Waals surface area contributed by atoms with Gasteiger partial charge in [-0.2, -0.15) is 0 Å². The Hall–Kier alpha value is -0.503. The van der Waals surface area contributed by atoms with Gasteiger partial charge in [-0.1, -0.05) is 41.2 Å². The summed E-state index contributed by atoms with van der Waals surface area (Å²) in [5.74, 6) is 2.51. The van der Waals surface area contributed by atoms with Crippen LogP contribution in [0.4, 0.5) is 0 Å². The van der Waals surface area contributed by atoms with Crippen molar-refractivity contribution in [3.05, 3.63) is 24.0 Å². The summed E-state index contributed by atoms with van der Waals surface area (Å²) in [4.78, 5) is 0. The normalized spacial score (nSPS) is 30.6. The number of allylic oxidation sites excluding steroid dienone is 3. The van der Waals surface area contributed by atoms with Crippen LogP contribution in [0.5, 0.6) is 0 Å². The maximum atomic E-state index is 6.54. The lowest BCUT2D eigenvalue weighted by Crippen LogP contribution is -2.52. The number of hydrogen-bond donors (Lipinski definition) is 0. The highest BCUT2D eigenvalue weighted by molar-refractivity contribution is 6.74. The standard InChI is InChI=1S/C16H28OSi/c1-11-9-14(13-10-12(11)16(13,5)6)17-18(7,8)15(2,3)4/h9,12-13H,1,10H2,2-8H3/t12-,13+/m1/s1. The first-order valence-corrected chi connectivity index (χ1v) is 9.97. The molecule has 0 aromatic rings. The van der Waals surface area contributed by atoms with Crippen molar-refractivity contribution in [3.8, 4) is 0 Å². The first-order chi connectivity index (χ1) is 7.97. The molecule has 2 atom stereocenters. The van der Waals surface area contributed by atoms with Crippen molar-refractivity contribution in [2.45, 2.75) is 59.2 Å². The Balaban J connectivity index is 2.24. The van der Waals surface area contributed by atoms with Crippen molar-refractivity contribution in [3.63, 3.8) is 0 Å². The van der Waals surface area contributed by atoms with Crippen LogP contribution in [0, 0.1) is 17.3 Å². The van der Waals surface area contributed by atoms with E-state index in [0.717, 1.165) is 0 Å². The van der Waals surface area contributed by atoms with Crippen molar-refractivity contribution in [2.75, 3.05) is 0 Å². The van der Waals surface area contributed by atoms with Crippen LogP contribution in [-0.4, -0.2) is 8.32 Å². The number of hydrogen-bond acceptors (Lipinski definition) is 1. The van der Waals surface area contributed by atoms with Gasteiger partial charge in [0.2, 0.25) is 8.32 Å². The van der Waals surface area contributed by atoms with Crippen molar-refractivity contribution in [2.24, 2.45) is 17.3 Å². The quantitative estimate of drug-likeness (QED) is 0.629. The molecular formula is C16H28OSi. The first-order valence-electron chi connectivity index (χ1n) is 7.06. The zero-order chi connectivity index (χ0) is 13.9. The molecule has 0 aromatic carbocycles. The van der Waals surface area contributed by atoms with E-state index in [0.29, 0.717) is 17.3 Å². The molecule has 1 saturated carbocycles. The molecule has 2 heteroatoms. The van der Waals surface area contributed by atoms with Crippen molar-refractivity contribution in [1.82, 2.24) is 0 Å². The minimum absolute atomic E-state index is 0.264. The average Bonchev–Trinajstić information content (AvgIpc) is 2.12. The Morgan fingerprint density at radius 2 is 1.83 bits per heavy atom. The third-order valence-electron chi connectivity index (χ3n) is 5.57. The van der Waals surface area contributed by atoms with Gasteiger partial charge in [-0.05, 0) is 47.5 Å². The summed E-state index contributed by atoms with van der Waals surface area (Å²) in [7, 11) is -1.71. The Kier molecular flexibility index (Phi) is 2.90. The predicted octanol–water partition coefficient (Wildman–Crippen LogP) is 5.12. The van der Waals surface area contributed by atoms with Crippen LogP contribution in [0.25, 0.3) is 0 Å². The van der Waals surface area contributed by atoms with Crippen LogP contribution in [0.2, 0.25) is 18.1 Å². The molecule has 0 radical (unpaired) electrons. The zero-order valence-electron chi connectivity index (χ0n) is 13.1. The highest BCUT2D eigenvalue weighted by Gasteiger charge is 2.55. The maximum absolute atomic E-state index is 6.54. The molecule has 1 nitrogen and oxygen atoms in total. The van der Waals surface area contributed by atoms with Crippen LogP contribution in [0.1, 0.15) is 41.0 Å². The molecule has 0 amide bonds. The van der Waals surface area contributed by atoms with Crippen LogP contribution >= 0.6 is 0 Å². The molecule has 1 fully saturated rings. The topological polar surface area (TPSA) is 9.23 Å². The molecule has 0 saturated heterocycles. The fourth-order valence-electron chi connectivity index (χ4n) is 2.97. The molecule has 3 rings (SSSR count). The summed E-state index contributed by atoms with van der Waals surface area (Å²) in [5, 5.41) is 0.264. The van der Waals surface area contributed by atoms with E-state index < -0.39 is 8.32 Å². The van der Waals surface area contributed by atoms with Gasteiger partial charge in [-0.25, -0.2) is 0 Å². The van der Waals surface area contributed by atoms with Gasteiger partial charge in [0.25, 0.3) is 0 Å². The van der Waals surface area contributed by atoms with Gasteiger partial charge >= 0.3 is 0 Å². The molecular weight excluding hydrogens is 236 g/mol. The minimum Gasteiger partial charge on any atom is -0.546 e. The summed E-state index contributed by atoms with van der Waals surface area (Å²) >= 11 is 0. The van der Waals surface area contributed by atoms with E-state index in [2.05, 4.69) is 60.4 Å². The number of fused-ring (bicyclic) bond motifs is 1. The summed E-state index contributed by atoms with van der Waals surface area (Å²) in [6.45, 7) is 20.5. The molecule has 2 bridgehead atoms. The lowest BCUT2D eigenvalue weighted by Gasteiger charge is -2.57. The smallest absolute Gasteiger partial charge is 0.250 e. The molecule has 3 aliphatic rings. The summed E-state index contributed by atoms with van der Waals surface area (Å²) in [6.07, 6.45) is 3.47. The van der Waals surface area contributed by atoms with Gasteiger partial charge in [-0.15, -0.1) is 0 Å². The van der Waals surface area contributed by atoms with Crippen LogP contribution < -0.4 is 0 Å². The van der Waals surface area contributed by atoms with Gasteiger partial charge in [0.15, 0.2) is 0 Å². The lowest BCUT2D eigenvalue weighted by molar-refractivity contribution is -0.00338. The molecule has 18 heavy (non-hydrogen) atoms. The van der Waals surface area contributed by atoms with Crippen molar-refractivity contribution >= 4 is 8.32 Å². The SMILES string of the molecule is C=C1C=C(O[Si](C)(C)C(C)(C)C)[C@@H]2C[C@H]1C2(C)C. The molecule has 0 aliphatic heterocycles. The maximum Gasteiger partial charge on any atom is 0.250 e. The molecule has 3 aliphatic carbocycles. The van der Waals surface area contributed by atoms with E-state index in [1.165, 1.54) is 17.8 Å². The van der Waals surface area contributed by atoms with E-state index in [-0.39, 0.29) is 5.04 Å². The number of rotatable bonds is 2. The van der Waals surface area contributed by atoms with Gasteiger partial charge < -0.3 is 4.43 Å². The van der Waals surface area contributed by atoms with Crippen molar-refractivity contribution in [1.29, 1.82) is 0 Å². The fourth-order valence-corrected chi connectivity index (χ4v) is 4.07. The third kappa shape index (κ3) is 1.89. The van der Waals surface area contributed by atoms with E-state index >= 15 is 0 Å². The molecule has 0 N–H and O–H groups in total. The highest BCUT2D eigenvalue weighted by atomic mass is 28.4. The Morgan fingerprint density at radius 3 is 2.22 bits per heavy atom. The average molecular weight is 264 g/mol. The largest absolute Gasteiger partial charge is 0.546 e. The summed E-state index contributed by atoms with van der Waals surface area (Å²) < 4.78 is 6.54. The van der Waals surface area contributed by atoms with Crippen LogP contribution in [-0.2, 0) is 4.43 Å². The predicted molar refractivity (Wildman–Crippen MR) is 80.9 cm³/mol. The van der Waals surface area contributed by atoms with Gasteiger partial charge in [0.1, 0.15) is 0 Å². The molecule has 0 heterocycles.